The number of benzene rings is 3. The third-order valence-corrected chi connectivity index (χ3v) is 5.01. The molecule has 1 aliphatic heterocycles. The Labute approximate surface area is 141 Å². The minimum absolute atomic E-state index is 0.971. The van der Waals surface area contributed by atoms with Crippen molar-refractivity contribution in [3.63, 3.8) is 0 Å². The fourth-order valence-electron chi connectivity index (χ4n) is 3.84. The third kappa shape index (κ3) is 2.10. The van der Waals surface area contributed by atoms with Crippen LogP contribution in [-0.4, -0.2) is 13.1 Å². The molecule has 0 saturated carbocycles. The summed E-state index contributed by atoms with van der Waals surface area (Å²) in [4.78, 5) is 2.51. The Morgan fingerprint density at radius 2 is 1.46 bits per heavy atom. The molecule has 0 bridgehead atoms. The lowest BCUT2D eigenvalue weighted by Crippen LogP contribution is -2.17. The van der Waals surface area contributed by atoms with Crippen molar-refractivity contribution in [1.82, 2.24) is 0 Å². The number of anilines is 1. The van der Waals surface area contributed by atoms with Crippen molar-refractivity contribution in [2.75, 3.05) is 18.0 Å². The van der Waals surface area contributed by atoms with E-state index in [4.69, 9.17) is 4.42 Å². The van der Waals surface area contributed by atoms with Gasteiger partial charge in [0.1, 0.15) is 11.2 Å². The lowest BCUT2D eigenvalue weighted by molar-refractivity contribution is 0.669. The molecule has 0 atom stereocenters. The van der Waals surface area contributed by atoms with Gasteiger partial charge in [-0.1, -0.05) is 48.5 Å². The van der Waals surface area contributed by atoms with E-state index in [1.54, 1.807) is 0 Å². The second kappa shape index (κ2) is 5.41. The van der Waals surface area contributed by atoms with Crippen LogP contribution in [0, 0.1) is 0 Å². The number of nitrogens with zero attached hydrogens (tertiary/aromatic N) is 1. The van der Waals surface area contributed by atoms with Crippen LogP contribution in [-0.2, 0) is 0 Å². The summed E-state index contributed by atoms with van der Waals surface area (Å²) < 4.78 is 6.19. The minimum atomic E-state index is 0.971. The molecule has 0 amide bonds. The Balaban J connectivity index is 1.83. The smallest absolute Gasteiger partial charge is 0.138 e. The van der Waals surface area contributed by atoms with Crippen molar-refractivity contribution in [2.45, 2.75) is 12.8 Å². The Kier molecular flexibility index (Phi) is 3.08. The van der Waals surface area contributed by atoms with Crippen LogP contribution in [0.15, 0.2) is 71.1 Å². The second-order valence-corrected chi connectivity index (χ2v) is 6.53. The van der Waals surface area contributed by atoms with Gasteiger partial charge in [-0.3, -0.25) is 0 Å². The second-order valence-electron chi connectivity index (χ2n) is 6.53. The molecular weight excluding hydrogens is 294 g/mol. The van der Waals surface area contributed by atoms with Crippen molar-refractivity contribution in [3.8, 4) is 11.1 Å². The number of hydrogen-bond acceptors (Lipinski definition) is 2. The summed E-state index contributed by atoms with van der Waals surface area (Å²) in [6.07, 6.45) is 2.54. The zero-order chi connectivity index (χ0) is 15.9. The number of hydrogen-bond donors (Lipinski definition) is 0. The Morgan fingerprint density at radius 3 is 2.29 bits per heavy atom. The molecule has 4 aromatic rings. The van der Waals surface area contributed by atoms with Crippen LogP contribution in [0.4, 0.5) is 5.69 Å². The first-order chi connectivity index (χ1) is 11.9. The van der Waals surface area contributed by atoms with Crippen LogP contribution < -0.4 is 4.90 Å². The van der Waals surface area contributed by atoms with E-state index < -0.39 is 0 Å². The summed E-state index contributed by atoms with van der Waals surface area (Å²) in [7, 11) is 0. The van der Waals surface area contributed by atoms with Crippen molar-refractivity contribution in [3.05, 3.63) is 66.7 Å². The maximum atomic E-state index is 6.19. The number of rotatable bonds is 2. The maximum Gasteiger partial charge on any atom is 0.138 e. The highest BCUT2D eigenvalue weighted by Gasteiger charge is 2.20. The SMILES string of the molecule is c1ccc(-c2cc(N3CCCC3)c3c(c2)oc2ccccc23)cc1. The first-order valence-electron chi connectivity index (χ1n) is 8.66. The lowest BCUT2D eigenvalue weighted by atomic mass is 10.0. The predicted octanol–water partition coefficient (Wildman–Crippen LogP) is 5.85. The van der Waals surface area contributed by atoms with Crippen molar-refractivity contribution >= 4 is 27.6 Å². The van der Waals surface area contributed by atoms with Gasteiger partial charge in [-0.15, -0.1) is 0 Å². The Hall–Kier alpha value is -2.74. The molecule has 118 valence electrons. The molecule has 24 heavy (non-hydrogen) atoms. The highest BCUT2D eigenvalue weighted by molar-refractivity contribution is 6.13. The normalized spacial score (nSPS) is 14.8. The average molecular weight is 313 g/mol. The summed E-state index contributed by atoms with van der Waals surface area (Å²) in [6, 6.07) is 23.5. The molecule has 0 aliphatic carbocycles. The zero-order valence-electron chi connectivity index (χ0n) is 13.5. The average Bonchev–Trinajstić information content (AvgIpc) is 3.29. The van der Waals surface area contributed by atoms with Crippen LogP contribution in [0.25, 0.3) is 33.1 Å². The number of furan rings is 1. The molecule has 2 heteroatoms. The van der Waals surface area contributed by atoms with Gasteiger partial charge in [0.05, 0.1) is 5.39 Å². The molecule has 1 aliphatic rings. The topological polar surface area (TPSA) is 16.4 Å². The Bertz CT molecular complexity index is 1010. The fraction of sp³-hybridized carbons (Fsp3) is 0.182. The fourth-order valence-corrected chi connectivity index (χ4v) is 3.84. The van der Waals surface area contributed by atoms with E-state index >= 15 is 0 Å². The molecule has 1 aromatic heterocycles. The largest absolute Gasteiger partial charge is 0.456 e. The van der Waals surface area contributed by atoms with Crippen LogP contribution in [0.3, 0.4) is 0 Å². The molecule has 0 radical (unpaired) electrons. The molecule has 0 unspecified atom stereocenters. The van der Waals surface area contributed by atoms with E-state index in [-0.39, 0.29) is 0 Å². The molecule has 0 N–H and O–H groups in total. The monoisotopic (exact) mass is 313 g/mol. The van der Waals surface area contributed by atoms with Gasteiger partial charge >= 0.3 is 0 Å². The molecule has 0 spiro atoms. The van der Waals surface area contributed by atoms with Gasteiger partial charge in [0.2, 0.25) is 0 Å². The highest BCUT2D eigenvalue weighted by Crippen LogP contribution is 2.40. The number of fused-ring (bicyclic) bond motifs is 3. The molecule has 1 fully saturated rings. The van der Waals surface area contributed by atoms with Crippen LogP contribution in [0.1, 0.15) is 12.8 Å². The van der Waals surface area contributed by atoms with E-state index in [1.165, 1.54) is 40.4 Å². The van der Waals surface area contributed by atoms with E-state index in [0.717, 1.165) is 24.3 Å². The molecule has 2 nitrogen and oxygen atoms in total. The first kappa shape index (κ1) is 13.7. The van der Waals surface area contributed by atoms with E-state index in [1.807, 2.05) is 6.07 Å². The quantitative estimate of drug-likeness (QED) is 0.461. The highest BCUT2D eigenvalue weighted by atomic mass is 16.3. The van der Waals surface area contributed by atoms with Gasteiger partial charge in [0, 0.05) is 24.2 Å². The first-order valence-corrected chi connectivity index (χ1v) is 8.66. The predicted molar refractivity (Wildman–Crippen MR) is 101 cm³/mol. The van der Waals surface area contributed by atoms with Crippen molar-refractivity contribution in [1.29, 1.82) is 0 Å². The van der Waals surface area contributed by atoms with E-state index in [2.05, 4.69) is 65.6 Å². The van der Waals surface area contributed by atoms with E-state index in [9.17, 15) is 0 Å². The van der Waals surface area contributed by atoms with Gasteiger partial charge < -0.3 is 9.32 Å². The van der Waals surface area contributed by atoms with E-state index in [0.29, 0.717) is 0 Å². The summed E-state index contributed by atoms with van der Waals surface area (Å²) in [5, 5.41) is 2.47. The molecule has 2 heterocycles. The lowest BCUT2D eigenvalue weighted by Gasteiger charge is -2.20. The van der Waals surface area contributed by atoms with Crippen molar-refractivity contribution < 1.29 is 4.42 Å². The molecule has 1 saturated heterocycles. The summed E-state index contributed by atoms with van der Waals surface area (Å²) in [5.74, 6) is 0. The Morgan fingerprint density at radius 1 is 0.708 bits per heavy atom. The number of para-hydroxylation sites is 1. The summed E-state index contributed by atoms with van der Waals surface area (Å²) in [5.41, 5.74) is 5.73. The minimum Gasteiger partial charge on any atom is -0.456 e. The van der Waals surface area contributed by atoms with Gasteiger partial charge in [-0.2, -0.15) is 0 Å². The van der Waals surface area contributed by atoms with Gasteiger partial charge in [-0.25, -0.2) is 0 Å². The van der Waals surface area contributed by atoms with Crippen LogP contribution in [0.5, 0.6) is 0 Å². The van der Waals surface area contributed by atoms with Crippen LogP contribution >= 0.6 is 0 Å². The summed E-state index contributed by atoms with van der Waals surface area (Å²) in [6.45, 7) is 2.26. The van der Waals surface area contributed by atoms with Crippen LogP contribution in [0.2, 0.25) is 0 Å². The standard InChI is InChI=1S/C22H19NO/c1-2-8-16(9-3-1)17-14-19(23-12-6-7-13-23)22-18-10-4-5-11-20(18)24-21(22)15-17/h1-5,8-11,14-15H,6-7,12-13H2. The van der Waals surface area contributed by atoms with Gasteiger partial charge in [0.15, 0.2) is 0 Å². The molecule has 5 rings (SSSR count). The van der Waals surface area contributed by atoms with Crippen molar-refractivity contribution in [2.24, 2.45) is 0 Å². The molecular formula is C22H19NO. The zero-order valence-corrected chi connectivity index (χ0v) is 13.5. The maximum absolute atomic E-state index is 6.19. The molecule has 3 aromatic carbocycles. The third-order valence-electron chi connectivity index (χ3n) is 5.01. The van der Waals surface area contributed by atoms with Gasteiger partial charge in [0.25, 0.3) is 0 Å². The summed E-state index contributed by atoms with van der Waals surface area (Å²) >= 11 is 0. The van der Waals surface area contributed by atoms with Gasteiger partial charge in [-0.05, 0) is 42.2 Å².